The van der Waals surface area contributed by atoms with E-state index in [1.54, 1.807) is 0 Å². The second-order valence-corrected chi connectivity index (χ2v) is 9.58. The first-order chi connectivity index (χ1) is 16.6. The Labute approximate surface area is 200 Å². The SMILES string of the molecule is CCC1CCC(CCC2=CCc3c(cc(F)c(-c4cc(F)c(OC(F)(F)F)c(F)c4)c3F)C2)CC1. The van der Waals surface area contributed by atoms with E-state index in [4.69, 9.17) is 0 Å². The molecule has 0 N–H and O–H groups in total. The van der Waals surface area contributed by atoms with E-state index in [-0.39, 0.29) is 12.0 Å². The first-order valence-corrected chi connectivity index (χ1v) is 12.0. The molecule has 8 heteroatoms. The Balaban J connectivity index is 1.51. The van der Waals surface area contributed by atoms with Crippen molar-refractivity contribution >= 4 is 0 Å². The van der Waals surface area contributed by atoms with Crippen LogP contribution in [0.2, 0.25) is 0 Å². The van der Waals surface area contributed by atoms with Gasteiger partial charge in [-0.2, -0.15) is 0 Å². The fraction of sp³-hybridized carbons (Fsp3) is 0.481. The predicted octanol–water partition coefficient (Wildman–Crippen LogP) is 8.83. The number of ether oxygens (including phenoxy) is 1. The van der Waals surface area contributed by atoms with Crippen LogP contribution in [0.25, 0.3) is 11.1 Å². The maximum absolute atomic E-state index is 15.3. The molecule has 0 saturated heterocycles. The minimum atomic E-state index is -5.32. The highest BCUT2D eigenvalue weighted by atomic mass is 19.4. The molecule has 0 radical (unpaired) electrons. The van der Waals surface area contributed by atoms with E-state index >= 15 is 4.39 Å². The summed E-state index contributed by atoms with van der Waals surface area (Å²) >= 11 is 0. The van der Waals surface area contributed by atoms with Gasteiger partial charge in [0.25, 0.3) is 0 Å². The summed E-state index contributed by atoms with van der Waals surface area (Å²) in [6.45, 7) is 2.23. The van der Waals surface area contributed by atoms with Crippen LogP contribution in [0.1, 0.15) is 63.0 Å². The third-order valence-electron chi connectivity index (χ3n) is 7.35. The normalized spacial score (nSPS) is 20.4. The van der Waals surface area contributed by atoms with Gasteiger partial charge in [-0.15, -0.1) is 13.2 Å². The molecular weight excluding hydrogens is 473 g/mol. The van der Waals surface area contributed by atoms with Crippen molar-refractivity contribution in [3.8, 4) is 16.9 Å². The zero-order valence-corrected chi connectivity index (χ0v) is 19.4. The average molecular weight is 500 g/mol. The monoisotopic (exact) mass is 500 g/mol. The number of halogens is 7. The number of fused-ring (bicyclic) bond motifs is 1. The Hall–Kier alpha value is -2.51. The summed E-state index contributed by atoms with van der Waals surface area (Å²) in [5.41, 5.74) is 0.612. The van der Waals surface area contributed by atoms with Crippen molar-refractivity contribution in [1.82, 2.24) is 0 Å². The highest BCUT2D eigenvalue weighted by Crippen LogP contribution is 2.39. The molecule has 0 unspecified atom stereocenters. The first-order valence-electron chi connectivity index (χ1n) is 12.0. The molecule has 0 spiro atoms. The summed E-state index contributed by atoms with van der Waals surface area (Å²) in [7, 11) is 0. The Bertz CT molecular complexity index is 1090. The molecule has 0 atom stereocenters. The van der Waals surface area contributed by atoms with Gasteiger partial charge < -0.3 is 4.74 Å². The Kier molecular flexibility index (Phi) is 7.48. The van der Waals surface area contributed by atoms with Crippen molar-refractivity contribution in [2.24, 2.45) is 11.8 Å². The van der Waals surface area contributed by atoms with Gasteiger partial charge in [0, 0.05) is 0 Å². The minimum Gasteiger partial charge on any atom is -0.399 e. The number of alkyl halides is 3. The first kappa shape index (κ1) is 25.6. The van der Waals surface area contributed by atoms with Crippen LogP contribution in [-0.4, -0.2) is 6.36 Å². The van der Waals surface area contributed by atoms with Crippen LogP contribution in [0, 0.1) is 35.1 Å². The highest BCUT2D eigenvalue weighted by Gasteiger charge is 2.34. The number of hydrogen-bond acceptors (Lipinski definition) is 1. The second-order valence-electron chi connectivity index (χ2n) is 9.58. The molecule has 4 rings (SSSR count). The maximum atomic E-state index is 15.3. The number of benzene rings is 2. The van der Waals surface area contributed by atoms with E-state index in [1.165, 1.54) is 32.1 Å². The summed E-state index contributed by atoms with van der Waals surface area (Å²) in [4.78, 5) is 0. The van der Waals surface area contributed by atoms with E-state index in [1.807, 2.05) is 6.08 Å². The quantitative estimate of drug-likeness (QED) is 0.284. The maximum Gasteiger partial charge on any atom is 0.573 e. The lowest BCUT2D eigenvalue weighted by Crippen LogP contribution is -2.19. The largest absolute Gasteiger partial charge is 0.573 e. The summed E-state index contributed by atoms with van der Waals surface area (Å²) in [6.07, 6.45) is 5.30. The molecule has 190 valence electrons. The summed E-state index contributed by atoms with van der Waals surface area (Å²) < 4.78 is 99.0. The van der Waals surface area contributed by atoms with E-state index in [2.05, 4.69) is 11.7 Å². The van der Waals surface area contributed by atoms with Crippen LogP contribution in [0.15, 0.2) is 29.8 Å². The van der Waals surface area contributed by atoms with Gasteiger partial charge in [-0.1, -0.05) is 50.7 Å². The van der Waals surface area contributed by atoms with Gasteiger partial charge in [0.2, 0.25) is 5.75 Å². The molecule has 2 aromatic carbocycles. The molecule has 0 aromatic heterocycles. The van der Waals surface area contributed by atoms with Crippen molar-refractivity contribution < 1.29 is 35.5 Å². The molecular formula is C27H27F7O. The van der Waals surface area contributed by atoms with Crippen molar-refractivity contribution in [3.05, 3.63) is 64.2 Å². The molecule has 2 aliphatic carbocycles. The Morgan fingerprint density at radius 3 is 2.11 bits per heavy atom. The van der Waals surface area contributed by atoms with Gasteiger partial charge in [0.15, 0.2) is 11.6 Å². The second kappa shape index (κ2) is 10.2. The van der Waals surface area contributed by atoms with Crippen molar-refractivity contribution in [2.75, 3.05) is 0 Å². The van der Waals surface area contributed by atoms with E-state index in [0.717, 1.165) is 30.4 Å². The van der Waals surface area contributed by atoms with Crippen LogP contribution in [0.5, 0.6) is 5.75 Å². The topological polar surface area (TPSA) is 9.23 Å². The van der Waals surface area contributed by atoms with Gasteiger partial charge in [0.1, 0.15) is 11.6 Å². The summed E-state index contributed by atoms with van der Waals surface area (Å²) in [6, 6.07) is 2.04. The van der Waals surface area contributed by atoms with Gasteiger partial charge in [-0.05, 0) is 72.4 Å². The third kappa shape index (κ3) is 5.84. The zero-order chi connectivity index (χ0) is 25.3. The van der Waals surface area contributed by atoms with Crippen molar-refractivity contribution in [3.63, 3.8) is 0 Å². The van der Waals surface area contributed by atoms with Gasteiger partial charge in [-0.25, -0.2) is 17.6 Å². The molecule has 1 nitrogen and oxygen atoms in total. The molecule has 0 bridgehead atoms. The molecule has 35 heavy (non-hydrogen) atoms. The van der Waals surface area contributed by atoms with Crippen molar-refractivity contribution in [1.29, 1.82) is 0 Å². The Morgan fingerprint density at radius 1 is 0.886 bits per heavy atom. The lowest BCUT2D eigenvalue weighted by molar-refractivity contribution is -0.276. The van der Waals surface area contributed by atoms with E-state index in [9.17, 15) is 26.3 Å². The lowest BCUT2D eigenvalue weighted by Gasteiger charge is -2.28. The predicted molar refractivity (Wildman–Crippen MR) is 119 cm³/mol. The molecule has 2 aromatic rings. The molecule has 0 amide bonds. The summed E-state index contributed by atoms with van der Waals surface area (Å²) in [5.74, 6) is -5.57. The number of rotatable bonds is 6. The van der Waals surface area contributed by atoms with Crippen LogP contribution < -0.4 is 4.74 Å². The molecule has 2 aliphatic rings. The third-order valence-corrected chi connectivity index (χ3v) is 7.35. The smallest absolute Gasteiger partial charge is 0.399 e. The number of hydrogen-bond donors (Lipinski definition) is 0. The fourth-order valence-corrected chi connectivity index (χ4v) is 5.34. The standard InChI is InChI=1S/C27H27F7O/c1-2-15-3-5-16(6-4-15)7-8-17-9-10-20-18(11-17)12-21(28)24(25(20)31)19-13-22(29)26(23(30)14-19)35-27(32,33)34/h9,12-16H,2-8,10-11H2,1H3. The van der Waals surface area contributed by atoms with Gasteiger partial charge in [0.05, 0.1) is 5.56 Å². The van der Waals surface area contributed by atoms with E-state index < -0.39 is 46.5 Å². The summed E-state index contributed by atoms with van der Waals surface area (Å²) in [5, 5.41) is 0. The molecule has 1 fully saturated rings. The molecule has 0 heterocycles. The van der Waals surface area contributed by atoms with Crippen LogP contribution in [-0.2, 0) is 12.8 Å². The van der Waals surface area contributed by atoms with Crippen LogP contribution >= 0.6 is 0 Å². The van der Waals surface area contributed by atoms with Gasteiger partial charge >= 0.3 is 6.36 Å². The molecule has 1 saturated carbocycles. The van der Waals surface area contributed by atoms with Crippen molar-refractivity contribution in [2.45, 2.75) is 71.1 Å². The van der Waals surface area contributed by atoms with E-state index in [0.29, 0.717) is 30.0 Å². The Morgan fingerprint density at radius 2 is 1.51 bits per heavy atom. The molecule has 0 aliphatic heterocycles. The van der Waals surface area contributed by atoms with Crippen LogP contribution in [0.3, 0.4) is 0 Å². The minimum absolute atomic E-state index is 0.215. The zero-order valence-electron chi connectivity index (χ0n) is 19.4. The highest BCUT2D eigenvalue weighted by molar-refractivity contribution is 5.68. The van der Waals surface area contributed by atoms with Gasteiger partial charge in [-0.3, -0.25) is 0 Å². The fourth-order valence-electron chi connectivity index (χ4n) is 5.34. The number of allylic oxidation sites excluding steroid dienone is 2. The van der Waals surface area contributed by atoms with Crippen LogP contribution in [0.4, 0.5) is 30.7 Å². The average Bonchev–Trinajstić information content (AvgIpc) is 2.79. The lowest BCUT2D eigenvalue weighted by atomic mass is 9.78.